The Kier molecular flexibility index (Phi) is 0.464. The lowest BCUT2D eigenvalue weighted by Crippen LogP contribution is -2.18. The molecule has 1 saturated carbocycles. The molecule has 0 aliphatic heterocycles. The zero-order valence-electron chi connectivity index (χ0n) is 5.30. The molecule has 0 saturated heterocycles. The van der Waals surface area contributed by atoms with Crippen LogP contribution in [-0.2, 0) is 0 Å². The van der Waals surface area contributed by atoms with Crippen LogP contribution in [0.15, 0.2) is 12.2 Å². The van der Waals surface area contributed by atoms with E-state index in [2.05, 4.69) is 12.2 Å². The van der Waals surface area contributed by atoms with Gasteiger partial charge >= 0.3 is 0 Å². The van der Waals surface area contributed by atoms with Gasteiger partial charge in [-0.3, -0.25) is 0 Å². The highest BCUT2D eigenvalue weighted by molar-refractivity contribution is 5.05. The molecule has 3 atom stereocenters. The zero-order valence-corrected chi connectivity index (χ0v) is 4.30. The van der Waals surface area contributed by atoms with Crippen LogP contribution < -0.4 is 0 Å². The van der Waals surface area contributed by atoms with E-state index in [0.29, 0.717) is 5.92 Å². The Hall–Kier alpha value is -0.260. The first-order valence-electron chi connectivity index (χ1n) is 3.54. The molecule has 0 bridgehead atoms. The summed E-state index contributed by atoms with van der Waals surface area (Å²) in [5.74, 6) is 1.52. The molecule has 2 aliphatic carbocycles. The summed E-state index contributed by atoms with van der Waals surface area (Å²) < 4.78 is 7.39. The average molecular weight is 95.2 g/mol. The predicted molar refractivity (Wildman–Crippen MR) is 30.0 cm³/mol. The minimum Gasteiger partial charge on any atom is -0.0880 e. The van der Waals surface area contributed by atoms with E-state index in [1.54, 1.807) is 0 Å². The van der Waals surface area contributed by atoms with Crippen LogP contribution in [0.3, 0.4) is 0 Å². The lowest BCUT2D eigenvalue weighted by Gasteiger charge is -2.29. The van der Waals surface area contributed by atoms with Crippen LogP contribution in [0.2, 0.25) is 0 Å². The highest BCUT2D eigenvalue weighted by atomic mass is 14.3. The van der Waals surface area contributed by atoms with Crippen molar-refractivity contribution in [1.29, 1.82) is 0 Å². The van der Waals surface area contributed by atoms with Gasteiger partial charge in [-0.25, -0.2) is 0 Å². The molecule has 0 aromatic heterocycles. The minimum atomic E-state index is 0.249. The van der Waals surface area contributed by atoms with Gasteiger partial charge in [0, 0.05) is 1.37 Å². The topological polar surface area (TPSA) is 0 Å². The summed E-state index contributed by atoms with van der Waals surface area (Å²) in [6, 6.07) is 0. The second kappa shape index (κ2) is 1.12. The van der Waals surface area contributed by atoms with E-state index < -0.39 is 0 Å². The Morgan fingerprint density at radius 3 is 3.29 bits per heavy atom. The Morgan fingerprint density at radius 2 is 2.71 bits per heavy atom. The number of hydrogen-bond donors (Lipinski definition) is 0. The first kappa shape index (κ1) is 2.91. The van der Waals surface area contributed by atoms with Crippen LogP contribution in [0.1, 0.15) is 20.6 Å². The zero-order chi connectivity index (χ0) is 5.56. The SMILES string of the molecule is [2H][C@H]1C[C@@H]2CC=C[C@@H]21. The molecule has 0 heterocycles. The smallest absolute Gasteiger partial charge is 0.0273 e. The fourth-order valence-corrected chi connectivity index (χ4v) is 1.39. The van der Waals surface area contributed by atoms with Gasteiger partial charge < -0.3 is 0 Å². The van der Waals surface area contributed by atoms with E-state index >= 15 is 0 Å². The van der Waals surface area contributed by atoms with Crippen molar-refractivity contribution in [2.75, 3.05) is 0 Å². The molecule has 7 heavy (non-hydrogen) atoms. The Morgan fingerprint density at radius 1 is 1.71 bits per heavy atom. The number of allylic oxidation sites excluding steroid dienone is 2. The fraction of sp³-hybridized carbons (Fsp3) is 0.714. The van der Waals surface area contributed by atoms with E-state index in [1.807, 2.05) is 0 Å². The van der Waals surface area contributed by atoms with E-state index in [-0.39, 0.29) is 6.40 Å². The van der Waals surface area contributed by atoms with Gasteiger partial charge in [-0.05, 0) is 31.1 Å². The summed E-state index contributed by atoms with van der Waals surface area (Å²) in [6.07, 6.45) is 7.09. The maximum atomic E-state index is 7.39. The van der Waals surface area contributed by atoms with E-state index in [0.717, 1.165) is 12.3 Å². The Balaban J connectivity index is 2.10. The average Bonchev–Trinajstić information content (AvgIpc) is 2.09. The van der Waals surface area contributed by atoms with Crippen LogP contribution in [0.5, 0.6) is 0 Å². The van der Waals surface area contributed by atoms with Crippen molar-refractivity contribution in [3.8, 4) is 0 Å². The normalized spacial score (nSPS) is 58.3. The Labute approximate surface area is 45.6 Å². The molecule has 38 valence electrons. The predicted octanol–water partition coefficient (Wildman–Crippen LogP) is 1.97. The van der Waals surface area contributed by atoms with Crippen molar-refractivity contribution in [2.45, 2.75) is 19.2 Å². The molecule has 2 aliphatic rings. The molecule has 0 nitrogen and oxygen atoms in total. The maximum absolute atomic E-state index is 7.39. The Bertz CT molecular complexity index is 128. The number of rotatable bonds is 0. The third-order valence-electron chi connectivity index (χ3n) is 2.05. The molecule has 0 unspecified atom stereocenters. The minimum absolute atomic E-state index is 0.249. The molecule has 0 spiro atoms. The van der Waals surface area contributed by atoms with Gasteiger partial charge in [0.1, 0.15) is 0 Å². The van der Waals surface area contributed by atoms with Crippen molar-refractivity contribution in [3.05, 3.63) is 12.2 Å². The van der Waals surface area contributed by atoms with Crippen LogP contribution in [0, 0.1) is 11.8 Å². The van der Waals surface area contributed by atoms with E-state index in [4.69, 9.17) is 1.37 Å². The van der Waals surface area contributed by atoms with Gasteiger partial charge in [0.2, 0.25) is 0 Å². The van der Waals surface area contributed by atoms with E-state index in [9.17, 15) is 0 Å². The summed E-state index contributed by atoms with van der Waals surface area (Å²) in [5, 5.41) is 0. The number of hydrogen-bond acceptors (Lipinski definition) is 0. The van der Waals surface area contributed by atoms with Gasteiger partial charge in [-0.15, -0.1) is 0 Å². The van der Waals surface area contributed by atoms with Gasteiger partial charge in [-0.1, -0.05) is 12.2 Å². The highest BCUT2D eigenvalue weighted by Gasteiger charge is 2.30. The molecule has 1 fully saturated rings. The largest absolute Gasteiger partial charge is 0.0880 e. The molecule has 0 amide bonds. The van der Waals surface area contributed by atoms with Gasteiger partial charge in [-0.2, -0.15) is 0 Å². The van der Waals surface area contributed by atoms with Crippen molar-refractivity contribution in [2.24, 2.45) is 11.8 Å². The quantitative estimate of drug-likeness (QED) is 0.403. The molecule has 0 radical (unpaired) electrons. The third kappa shape index (κ3) is 0.370. The summed E-state index contributed by atoms with van der Waals surface area (Å²) >= 11 is 0. The standard InChI is InChI=1S/C7H10/c1-2-6-4-5-7(6)3-1/h1-2,6-7H,3-5H2/t6-,7+/m1/s1/i4D/t4-,6+,7-/m0. The van der Waals surface area contributed by atoms with E-state index in [1.165, 1.54) is 6.42 Å². The molecular weight excluding hydrogens is 84.1 g/mol. The van der Waals surface area contributed by atoms with Gasteiger partial charge in [0.25, 0.3) is 0 Å². The fourth-order valence-electron chi connectivity index (χ4n) is 1.39. The molecule has 2 rings (SSSR count). The summed E-state index contributed by atoms with van der Waals surface area (Å²) in [5.41, 5.74) is 0. The lowest BCUT2D eigenvalue weighted by molar-refractivity contribution is 0.249. The summed E-state index contributed by atoms with van der Waals surface area (Å²) in [7, 11) is 0. The van der Waals surface area contributed by atoms with Crippen molar-refractivity contribution < 1.29 is 1.37 Å². The van der Waals surface area contributed by atoms with Crippen LogP contribution in [-0.4, -0.2) is 0 Å². The van der Waals surface area contributed by atoms with Crippen molar-refractivity contribution in [3.63, 3.8) is 0 Å². The van der Waals surface area contributed by atoms with Crippen molar-refractivity contribution >= 4 is 0 Å². The van der Waals surface area contributed by atoms with Crippen LogP contribution in [0.25, 0.3) is 0 Å². The second-order valence-electron chi connectivity index (χ2n) is 2.47. The van der Waals surface area contributed by atoms with Gasteiger partial charge in [0.15, 0.2) is 0 Å². The first-order chi connectivity index (χ1) is 3.88. The monoisotopic (exact) mass is 95.1 g/mol. The molecule has 0 heteroatoms. The van der Waals surface area contributed by atoms with Crippen LogP contribution in [0.4, 0.5) is 0 Å². The van der Waals surface area contributed by atoms with Crippen LogP contribution >= 0.6 is 0 Å². The second-order valence-corrected chi connectivity index (χ2v) is 2.47. The number of fused-ring (bicyclic) bond motifs is 1. The molecule has 0 aromatic carbocycles. The lowest BCUT2D eigenvalue weighted by atomic mass is 9.76. The maximum Gasteiger partial charge on any atom is 0.0273 e. The molecule has 0 aromatic rings. The van der Waals surface area contributed by atoms with Crippen molar-refractivity contribution in [1.82, 2.24) is 0 Å². The highest BCUT2D eigenvalue weighted by Crippen LogP contribution is 2.41. The summed E-state index contributed by atoms with van der Waals surface area (Å²) in [6.45, 7) is 0. The third-order valence-corrected chi connectivity index (χ3v) is 2.05. The first-order valence-corrected chi connectivity index (χ1v) is 2.97. The van der Waals surface area contributed by atoms with Gasteiger partial charge in [0.05, 0.1) is 0 Å². The molecule has 0 N–H and O–H groups in total. The molecular formula is C7H10. The summed E-state index contributed by atoms with van der Waals surface area (Å²) in [4.78, 5) is 0.